The van der Waals surface area contributed by atoms with Crippen LogP contribution in [0.4, 0.5) is 0 Å². The monoisotopic (exact) mass is 477 g/mol. The maximum Gasteiger partial charge on any atom is 0.261 e. The van der Waals surface area contributed by atoms with Gasteiger partial charge in [-0.3, -0.25) is 14.4 Å². The number of rotatable bonds is 7. The SMILES string of the molecule is Cc1ccc(OCC(=O)N2C[C@@H]3CCC[C@@H]3C2C(=O)N[C@H](C#N)C[C@@H]2CCC3(CC3)CC2=O)cc1. The van der Waals surface area contributed by atoms with Gasteiger partial charge in [0.1, 0.15) is 23.6 Å². The number of ketones is 1. The molecule has 4 aliphatic rings. The minimum absolute atomic E-state index is 0.115. The zero-order valence-electron chi connectivity index (χ0n) is 20.5. The van der Waals surface area contributed by atoms with Crippen molar-refractivity contribution >= 4 is 17.6 Å². The molecular weight excluding hydrogens is 442 g/mol. The van der Waals surface area contributed by atoms with Gasteiger partial charge in [0.2, 0.25) is 5.91 Å². The summed E-state index contributed by atoms with van der Waals surface area (Å²) in [6.07, 6.45) is 8.11. The van der Waals surface area contributed by atoms with Gasteiger partial charge in [-0.2, -0.15) is 5.26 Å². The molecule has 5 rings (SSSR count). The highest BCUT2D eigenvalue weighted by atomic mass is 16.5. The van der Waals surface area contributed by atoms with Gasteiger partial charge in [0, 0.05) is 18.9 Å². The number of carbonyl (C=O) groups is 3. The van der Waals surface area contributed by atoms with Crippen LogP contribution in [0, 0.1) is 41.4 Å². The summed E-state index contributed by atoms with van der Waals surface area (Å²) in [5.41, 5.74) is 1.36. The van der Waals surface area contributed by atoms with E-state index in [9.17, 15) is 19.6 Å². The van der Waals surface area contributed by atoms with E-state index in [2.05, 4.69) is 11.4 Å². The lowest BCUT2D eigenvalue weighted by atomic mass is 9.76. The summed E-state index contributed by atoms with van der Waals surface area (Å²) in [4.78, 5) is 40.9. The number of carbonyl (C=O) groups excluding carboxylic acids is 3. The van der Waals surface area contributed by atoms with Gasteiger partial charge in [0.15, 0.2) is 6.61 Å². The van der Waals surface area contributed by atoms with Gasteiger partial charge in [-0.05, 0) is 81.3 Å². The minimum Gasteiger partial charge on any atom is -0.484 e. The first-order valence-electron chi connectivity index (χ1n) is 13.1. The molecule has 1 N–H and O–H groups in total. The van der Waals surface area contributed by atoms with Gasteiger partial charge in [-0.1, -0.05) is 24.1 Å². The molecule has 3 saturated carbocycles. The number of Topliss-reactive ketones (excluding diaryl/α,β-unsaturated/α-hetero) is 1. The molecule has 1 saturated heterocycles. The molecule has 2 amide bonds. The van der Waals surface area contributed by atoms with Gasteiger partial charge in [0.05, 0.1) is 6.07 Å². The molecule has 35 heavy (non-hydrogen) atoms. The lowest BCUT2D eigenvalue weighted by Gasteiger charge is -2.30. The van der Waals surface area contributed by atoms with Crippen molar-refractivity contribution in [2.24, 2.45) is 23.2 Å². The van der Waals surface area contributed by atoms with Gasteiger partial charge in [0.25, 0.3) is 5.91 Å². The molecule has 1 aromatic carbocycles. The number of aryl methyl sites for hydroxylation is 1. The molecule has 1 heterocycles. The van der Waals surface area contributed by atoms with Crippen LogP contribution < -0.4 is 10.1 Å². The average Bonchev–Trinajstić information content (AvgIpc) is 3.25. The zero-order valence-corrected chi connectivity index (χ0v) is 20.5. The summed E-state index contributed by atoms with van der Waals surface area (Å²) in [5, 5.41) is 12.7. The van der Waals surface area contributed by atoms with Crippen molar-refractivity contribution in [3.05, 3.63) is 29.8 Å². The topological polar surface area (TPSA) is 99.5 Å². The average molecular weight is 478 g/mol. The van der Waals surface area contributed by atoms with E-state index in [-0.39, 0.29) is 41.5 Å². The number of amides is 2. The molecule has 7 nitrogen and oxygen atoms in total. The van der Waals surface area contributed by atoms with E-state index in [1.165, 1.54) is 0 Å². The summed E-state index contributed by atoms with van der Waals surface area (Å²) in [5.74, 6) is 0.661. The van der Waals surface area contributed by atoms with Crippen molar-refractivity contribution in [3.8, 4) is 11.8 Å². The first-order chi connectivity index (χ1) is 16.9. The lowest BCUT2D eigenvalue weighted by molar-refractivity contribution is -0.141. The van der Waals surface area contributed by atoms with E-state index >= 15 is 0 Å². The van der Waals surface area contributed by atoms with Crippen LogP contribution in [0.25, 0.3) is 0 Å². The predicted molar refractivity (Wildman–Crippen MR) is 129 cm³/mol. The third-order valence-electron chi connectivity index (χ3n) is 8.84. The zero-order chi connectivity index (χ0) is 24.6. The van der Waals surface area contributed by atoms with Gasteiger partial charge in [-0.15, -0.1) is 0 Å². The summed E-state index contributed by atoms with van der Waals surface area (Å²) >= 11 is 0. The fourth-order valence-electron chi connectivity index (χ4n) is 6.54. The molecule has 186 valence electrons. The Labute approximate surface area is 207 Å². The van der Waals surface area contributed by atoms with E-state index < -0.39 is 12.1 Å². The van der Waals surface area contributed by atoms with E-state index in [0.717, 1.165) is 50.5 Å². The van der Waals surface area contributed by atoms with Crippen molar-refractivity contribution in [3.63, 3.8) is 0 Å². The third kappa shape index (κ3) is 5.07. The fraction of sp³-hybridized carbons (Fsp3) is 0.643. The van der Waals surface area contributed by atoms with Crippen LogP contribution in [0.1, 0.15) is 63.4 Å². The molecule has 7 heteroatoms. The maximum atomic E-state index is 13.4. The Morgan fingerprint density at radius 1 is 1.20 bits per heavy atom. The smallest absolute Gasteiger partial charge is 0.261 e. The van der Waals surface area contributed by atoms with Crippen LogP contribution >= 0.6 is 0 Å². The summed E-state index contributed by atoms with van der Waals surface area (Å²) < 4.78 is 5.71. The molecule has 0 aromatic heterocycles. The van der Waals surface area contributed by atoms with Crippen LogP contribution in [0.2, 0.25) is 0 Å². The highest BCUT2D eigenvalue weighted by Crippen LogP contribution is 2.56. The molecule has 1 aliphatic heterocycles. The van der Waals surface area contributed by atoms with E-state index in [1.807, 2.05) is 31.2 Å². The molecule has 1 unspecified atom stereocenters. The van der Waals surface area contributed by atoms with Crippen LogP contribution in [-0.4, -0.2) is 47.7 Å². The number of fused-ring (bicyclic) bond motifs is 1. The molecule has 1 spiro atoms. The number of nitrogens with zero attached hydrogens (tertiary/aromatic N) is 2. The Balaban J connectivity index is 1.21. The molecule has 0 radical (unpaired) electrons. The number of nitrogens with one attached hydrogen (secondary N) is 1. The Morgan fingerprint density at radius 3 is 2.66 bits per heavy atom. The molecule has 4 fully saturated rings. The predicted octanol–water partition coefficient (Wildman–Crippen LogP) is 3.55. The largest absolute Gasteiger partial charge is 0.484 e. The summed E-state index contributed by atoms with van der Waals surface area (Å²) in [6, 6.07) is 8.44. The number of hydrogen-bond acceptors (Lipinski definition) is 5. The molecule has 3 aliphatic carbocycles. The highest BCUT2D eigenvalue weighted by Gasteiger charge is 2.51. The normalized spacial score (nSPS) is 29.4. The van der Waals surface area contributed by atoms with Crippen LogP contribution in [0.5, 0.6) is 5.75 Å². The van der Waals surface area contributed by atoms with Crippen LogP contribution in [0.3, 0.4) is 0 Å². The molecule has 0 bridgehead atoms. The van der Waals surface area contributed by atoms with E-state index in [1.54, 1.807) is 4.90 Å². The Bertz CT molecular complexity index is 1030. The van der Waals surface area contributed by atoms with Crippen molar-refractivity contribution < 1.29 is 19.1 Å². The van der Waals surface area contributed by atoms with Crippen LogP contribution in [0.15, 0.2) is 24.3 Å². The minimum atomic E-state index is -0.717. The second-order valence-corrected chi connectivity index (χ2v) is 11.3. The number of ether oxygens (including phenoxy) is 1. The maximum absolute atomic E-state index is 13.4. The lowest BCUT2D eigenvalue weighted by Crippen LogP contribution is -2.52. The Morgan fingerprint density at radius 2 is 1.97 bits per heavy atom. The van der Waals surface area contributed by atoms with Crippen molar-refractivity contribution in [1.29, 1.82) is 5.26 Å². The van der Waals surface area contributed by atoms with Crippen LogP contribution in [-0.2, 0) is 14.4 Å². The van der Waals surface area contributed by atoms with E-state index in [0.29, 0.717) is 31.1 Å². The number of benzene rings is 1. The Hall–Kier alpha value is -2.88. The van der Waals surface area contributed by atoms with Crippen molar-refractivity contribution in [2.75, 3.05) is 13.2 Å². The van der Waals surface area contributed by atoms with Gasteiger partial charge < -0.3 is 15.0 Å². The van der Waals surface area contributed by atoms with Crippen molar-refractivity contribution in [1.82, 2.24) is 10.2 Å². The van der Waals surface area contributed by atoms with Gasteiger partial charge in [-0.25, -0.2) is 0 Å². The number of nitriles is 1. The molecule has 5 atom stereocenters. The highest BCUT2D eigenvalue weighted by molar-refractivity contribution is 5.90. The first-order valence-corrected chi connectivity index (χ1v) is 13.1. The van der Waals surface area contributed by atoms with Crippen molar-refractivity contribution in [2.45, 2.75) is 76.8 Å². The summed E-state index contributed by atoms with van der Waals surface area (Å²) in [6.45, 7) is 2.43. The molecule has 1 aromatic rings. The quantitative estimate of drug-likeness (QED) is 0.647. The second kappa shape index (κ2) is 9.64. The fourth-order valence-corrected chi connectivity index (χ4v) is 6.54. The summed E-state index contributed by atoms with van der Waals surface area (Å²) in [7, 11) is 0. The second-order valence-electron chi connectivity index (χ2n) is 11.3. The third-order valence-corrected chi connectivity index (χ3v) is 8.84. The Kier molecular flexibility index (Phi) is 6.57. The van der Waals surface area contributed by atoms with Gasteiger partial charge >= 0.3 is 0 Å². The molecular formula is C28H35N3O4. The number of hydrogen-bond donors (Lipinski definition) is 1. The number of likely N-dealkylation sites (tertiary alicyclic amines) is 1. The standard InChI is InChI=1S/C28H35N3O4/c1-18-5-7-22(8-6-18)35-17-25(33)31-16-20-3-2-4-23(20)26(31)27(34)30-21(15-29)13-19-9-10-28(11-12-28)14-24(19)32/h5-8,19-21,23,26H,2-4,9-14,16-17H2,1H3,(H,30,34)/t19-,20-,21-,23-,26?/m0/s1. The first kappa shape index (κ1) is 23.8. The van der Waals surface area contributed by atoms with E-state index in [4.69, 9.17) is 4.74 Å².